The fraction of sp³-hybridized carbons (Fsp3) is 0.263. The number of halogens is 1. The van der Waals surface area contributed by atoms with Crippen LogP contribution in [-0.2, 0) is 4.79 Å². The third-order valence-electron chi connectivity index (χ3n) is 3.98. The first-order valence-electron chi connectivity index (χ1n) is 8.42. The topological polar surface area (TPSA) is 101 Å². The van der Waals surface area contributed by atoms with Crippen molar-refractivity contribution in [3.8, 4) is 0 Å². The van der Waals surface area contributed by atoms with Gasteiger partial charge in [0.15, 0.2) is 0 Å². The number of nitro groups is 1. The molecule has 2 N–H and O–H groups in total. The summed E-state index contributed by atoms with van der Waals surface area (Å²) in [4.78, 5) is 36.6. The highest BCUT2D eigenvalue weighted by Crippen LogP contribution is 2.25. The first-order valence-corrected chi connectivity index (χ1v) is 10.0. The number of nitrogens with zero attached hydrogens (tertiary/aromatic N) is 1. The summed E-state index contributed by atoms with van der Waals surface area (Å²) in [6.45, 7) is 3.60. The predicted molar refractivity (Wildman–Crippen MR) is 111 cm³/mol. The van der Waals surface area contributed by atoms with Gasteiger partial charge in [-0.3, -0.25) is 19.7 Å². The first-order chi connectivity index (χ1) is 13.2. The molecular weight excluding hydrogens is 402 g/mol. The van der Waals surface area contributed by atoms with Crippen LogP contribution in [0.4, 0.5) is 11.4 Å². The molecule has 1 atom stereocenters. The zero-order chi connectivity index (χ0) is 20.8. The number of thioether (sulfide) groups is 1. The van der Waals surface area contributed by atoms with Crippen molar-refractivity contribution in [3.63, 3.8) is 0 Å². The Morgan fingerprint density at radius 3 is 2.50 bits per heavy atom. The van der Waals surface area contributed by atoms with Crippen LogP contribution in [0.2, 0.25) is 5.02 Å². The molecule has 2 aromatic rings. The molecule has 9 heteroatoms. The molecule has 0 radical (unpaired) electrons. The van der Waals surface area contributed by atoms with Crippen molar-refractivity contribution in [2.75, 3.05) is 11.6 Å². The van der Waals surface area contributed by atoms with Crippen molar-refractivity contribution < 1.29 is 14.5 Å². The Labute approximate surface area is 172 Å². The second kappa shape index (κ2) is 9.57. The quantitative estimate of drug-likeness (QED) is 0.393. The molecule has 2 aromatic carbocycles. The van der Waals surface area contributed by atoms with E-state index in [0.717, 1.165) is 11.0 Å². The third-order valence-corrected chi connectivity index (χ3v) is 5.02. The van der Waals surface area contributed by atoms with Crippen LogP contribution in [0, 0.1) is 16.0 Å². The van der Waals surface area contributed by atoms with Crippen molar-refractivity contribution >= 4 is 46.6 Å². The molecule has 2 rings (SSSR count). The van der Waals surface area contributed by atoms with E-state index in [9.17, 15) is 19.7 Å². The number of amides is 2. The molecule has 7 nitrogen and oxygen atoms in total. The van der Waals surface area contributed by atoms with Gasteiger partial charge in [-0.2, -0.15) is 0 Å². The number of carbonyl (C=O) groups excluding carboxylic acids is 2. The van der Waals surface area contributed by atoms with Crippen molar-refractivity contribution in [1.82, 2.24) is 5.32 Å². The van der Waals surface area contributed by atoms with Gasteiger partial charge in [0.2, 0.25) is 5.91 Å². The smallest absolute Gasteiger partial charge is 0.288 e. The van der Waals surface area contributed by atoms with Gasteiger partial charge in [0, 0.05) is 22.2 Å². The van der Waals surface area contributed by atoms with E-state index in [-0.39, 0.29) is 28.1 Å². The van der Waals surface area contributed by atoms with E-state index in [0.29, 0.717) is 5.69 Å². The number of hydrogen-bond donors (Lipinski definition) is 2. The van der Waals surface area contributed by atoms with E-state index in [2.05, 4.69) is 10.6 Å². The van der Waals surface area contributed by atoms with Crippen molar-refractivity contribution in [3.05, 3.63) is 63.2 Å². The summed E-state index contributed by atoms with van der Waals surface area (Å²) in [6, 6.07) is 10.3. The Bertz CT molecular complexity index is 904. The summed E-state index contributed by atoms with van der Waals surface area (Å²) in [6.07, 6.45) is 1.93. The average Bonchev–Trinajstić information content (AvgIpc) is 2.65. The monoisotopic (exact) mass is 421 g/mol. The molecule has 1 unspecified atom stereocenters. The molecule has 0 heterocycles. The molecule has 0 saturated heterocycles. The van der Waals surface area contributed by atoms with Crippen LogP contribution in [-0.4, -0.2) is 29.0 Å². The van der Waals surface area contributed by atoms with Crippen LogP contribution in [0.25, 0.3) is 0 Å². The van der Waals surface area contributed by atoms with Gasteiger partial charge < -0.3 is 10.6 Å². The van der Waals surface area contributed by atoms with Gasteiger partial charge >= 0.3 is 0 Å². The number of nitro benzene ring substituents is 1. The van der Waals surface area contributed by atoms with Gasteiger partial charge in [0.1, 0.15) is 11.1 Å². The van der Waals surface area contributed by atoms with Crippen molar-refractivity contribution in [2.45, 2.75) is 24.8 Å². The van der Waals surface area contributed by atoms with Gasteiger partial charge in [0.25, 0.3) is 11.6 Å². The van der Waals surface area contributed by atoms with Gasteiger partial charge in [-0.15, -0.1) is 11.8 Å². The Hall–Kier alpha value is -2.58. The molecule has 148 valence electrons. The molecule has 0 aromatic heterocycles. The average molecular weight is 422 g/mol. The van der Waals surface area contributed by atoms with Crippen LogP contribution in [0.3, 0.4) is 0 Å². The Kier molecular flexibility index (Phi) is 7.42. The third kappa shape index (κ3) is 5.46. The maximum Gasteiger partial charge on any atom is 0.288 e. The molecule has 0 aliphatic heterocycles. The highest BCUT2D eigenvalue weighted by Gasteiger charge is 2.26. The second-order valence-corrected chi connectivity index (χ2v) is 7.63. The minimum atomic E-state index is -0.819. The van der Waals surface area contributed by atoms with Gasteiger partial charge in [-0.1, -0.05) is 31.5 Å². The summed E-state index contributed by atoms with van der Waals surface area (Å²) < 4.78 is 0. The molecular formula is C19H20ClN3O4S. The fourth-order valence-corrected chi connectivity index (χ4v) is 3.12. The molecule has 28 heavy (non-hydrogen) atoms. The van der Waals surface area contributed by atoms with E-state index < -0.39 is 16.9 Å². The highest BCUT2D eigenvalue weighted by molar-refractivity contribution is 7.98. The van der Waals surface area contributed by atoms with Crippen molar-refractivity contribution in [2.24, 2.45) is 5.92 Å². The minimum Gasteiger partial charge on any atom is -0.340 e. The molecule has 0 saturated carbocycles. The molecule has 0 aliphatic rings. The number of hydrogen-bond acceptors (Lipinski definition) is 5. The number of anilines is 1. The molecule has 0 spiro atoms. The lowest BCUT2D eigenvalue weighted by molar-refractivity contribution is -0.384. The molecule has 2 amide bonds. The summed E-state index contributed by atoms with van der Waals surface area (Å²) in [5, 5.41) is 16.4. The zero-order valence-corrected chi connectivity index (χ0v) is 17.1. The van der Waals surface area contributed by atoms with Gasteiger partial charge in [-0.05, 0) is 42.5 Å². The lowest BCUT2D eigenvalue weighted by Crippen LogP contribution is -2.47. The molecule has 0 aliphatic carbocycles. The lowest BCUT2D eigenvalue weighted by Gasteiger charge is -2.22. The SMILES string of the molecule is CSc1cccc(NC(=O)C(NC(=O)c2ccc(Cl)c([N+](=O)[O-])c2)C(C)C)c1. The Balaban J connectivity index is 2.17. The van der Waals surface area contributed by atoms with Crippen LogP contribution >= 0.6 is 23.4 Å². The van der Waals surface area contributed by atoms with E-state index in [1.165, 1.54) is 12.1 Å². The summed E-state index contributed by atoms with van der Waals surface area (Å²) in [5.74, 6) is -1.16. The van der Waals surface area contributed by atoms with E-state index in [1.807, 2.05) is 24.5 Å². The highest BCUT2D eigenvalue weighted by atomic mass is 35.5. The molecule has 0 bridgehead atoms. The minimum absolute atomic E-state index is 0.0546. The number of carbonyl (C=O) groups is 2. The second-order valence-electron chi connectivity index (χ2n) is 6.34. The van der Waals surface area contributed by atoms with Crippen LogP contribution in [0.15, 0.2) is 47.4 Å². The number of benzene rings is 2. The summed E-state index contributed by atoms with van der Waals surface area (Å²) in [7, 11) is 0. The van der Waals surface area contributed by atoms with Gasteiger partial charge in [0.05, 0.1) is 4.92 Å². The van der Waals surface area contributed by atoms with E-state index >= 15 is 0 Å². The van der Waals surface area contributed by atoms with Gasteiger partial charge in [-0.25, -0.2) is 0 Å². The number of nitrogens with one attached hydrogen (secondary N) is 2. The first kappa shape index (κ1) is 21.7. The maximum absolute atomic E-state index is 12.7. The Morgan fingerprint density at radius 2 is 1.89 bits per heavy atom. The van der Waals surface area contributed by atoms with Crippen LogP contribution < -0.4 is 10.6 Å². The summed E-state index contributed by atoms with van der Waals surface area (Å²) in [5.41, 5.74) is 0.312. The van der Waals surface area contributed by atoms with E-state index in [1.54, 1.807) is 31.7 Å². The van der Waals surface area contributed by atoms with Crippen molar-refractivity contribution in [1.29, 1.82) is 0 Å². The maximum atomic E-state index is 12.7. The zero-order valence-electron chi connectivity index (χ0n) is 15.6. The van der Waals surface area contributed by atoms with E-state index in [4.69, 9.17) is 11.6 Å². The standard InChI is InChI=1S/C19H20ClN3O4S/c1-11(2)17(19(25)21-13-5-4-6-14(10-13)28-3)22-18(24)12-7-8-15(20)16(9-12)23(26)27/h4-11,17H,1-3H3,(H,21,25)(H,22,24). The molecule has 0 fully saturated rings. The summed E-state index contributed by atoms with van der Waals surface area (Å²) >= 11 is 7.33. The predicted octanol–water partition coefficient (Wildman–Crippen LogP) is 4.36. The lowest BCUT2D eigenvalue weighted by atomic mass is 10.0. The van der Waals surface area contributed by atoms with Crippen LogP contribution in [0.1, 0.15) is 24.2 Å². The Morgan fingerprint density at radius 1 is 1.18 bits per heavy atom. The number of rotatable bonds is 7. The fourth-order valence-electron chi connectivity index (χ4n) is 2.47. The normalized spacial score (nSPS) is 11.8. The van der Waals surface area contributed by atoms with Crippen LogP contribution in [0.5, 0.6) is 0 Å². The largest absolute Gasteiger partial charge is 0.340 e.